The van der Waals surface area contributed by atoms with Crippen molar-refractivity contribution in [1.29, 1.82) is 0 Å². The van der Waals surface area contributed by atoms with Crippen LogP contribution in [0.2, 0.25) is 0 Å². The number of anilines is 1. The van der Waals surface area contributed by atoms with E-state index >= 15 is 0 Å². The summed E-state index contributed by atoms with van der Waals surface area (Å²) in [6.45, 7) is 8.51. The van der Waals surface area contributed by atoms with Gasteiger partial charge < -0.3 is 24.9 Å². The minimum absolute atomic E-state index is 0.130. The highest BCUT2D eigenvalue weighted by Crippen LogP contribution is 2.28. The van der Waals surface area contributed by atoms with Crippen molar-refractivity contribution in [3.63, 3.8) is 0 Å². The summed E-state index contributed by atoms with van der Waals surface area (Å²) in [7, 11) is 0. The molecule has 2 aromatic carbocycles. The van der Waals surface area contributed by atoms with Gasteiger partial charge in [0.05, 0.1) is 18.9 Å². The average molecular weight is 442 g/mol. The van der Waals surface area contributed by atoms with Gasteiger partial charge in [0.1, 0.15) is 0 Å². The smallest absolute Gasteiger partial charge is 0.260 e. The minimum Gasteiger partial charge on any atom is -0.490 e. The lowest BCUT2D eigenvalue weighted by Crippen LogP contribution is -2.29. The molecule has 0 bridgehead atoms. The molecule has 8 nitrogen and oxygen atoms in total. The molecule has 2 aromatic rings. The molecule has 2 N–H and O–H groups in total. The normalized spacial score (nSPS) is 10.9. The highest BCUT2D eigenvalue weighted by atomic mass is 16.6. The van der Waals surface area contributed by atoms with Crippen LogP contribution in [0, 0.1) is 0 Å². The van der Waals surface area contributed by atoms with Gasteiger partial charge in [-0.2, -0.15) is 0 Å². The molecule has 0 atom stereocenters. The van der Waals surface area contributed by atoms with E-state index < -0.39 is 0 Å². The Morgan fingerprint density at radius 1 is 0.938 bits per heavy atom. The Kier molecular flexibility index (Phi) is 10.0. The average Bonchev–Trinajstić information content (AvgIpc) is 2.76. The minimum atomic E-state index is -0.251. The Hall–Kier alpha value is -3.55. The van der Waals surface area contributed by atoms with Crippen LogP contribution in [0.15, 0.2) is 47.6 Å². The van der Waals surface area contributed by atoms with Crippen molar-refractivity contribution in [3.05, 3.63) is 53.6 Å². The molecule has 0 heterocycles. The van der Waals surface area contributed by atoms with E-state index in [-0.39, 0.29) is 18.4 Å². The summed E-state index contributed by atoms with van der Waals surface area (Å²) in [6.07, 6.45) is 0.654. The number of ether oxygens (including phenoxy) is 2. The maximum absolute atomic E-state index is 12.0. The zero-order valence-electron chi connectivity index (χ0n) is 19.1. The molecular formula is C24H31N3O5. The van der Waals surface area contributed by atoms with Crippen LogP contribution in [-0.4, -0.2) is 43.9 Å². The van der Waals surface area contributed by atoms with Crippen molar-refractivity contribution in [2.45, 2.75) is 34.1 Å². The highest BCUT2D eigenvalue weighted by Gasteiger charge is 2.07. The number of benzene rings is 2. The molecule has 8 heteroatoms. The van der Waals surface area contributed by atoms with Crippen LogP contribution in [-0.2, 0) is 20.8 Å². The molecule has 0 radical (unpaired) electrons. The van der Waals surface area contributed by atoms with Crippen molar-refractivity contribution in [3.8, 4) is 11.5 Å². The van der Waals surface area contributed by atoms with Crippen LogP contribution in [0.25, 0.3) is 0 Å². The van der Waals surface area contributed by atoms with Crippen molar-refractivity contribution < 1.29 is 23.9 Å². The second-order valence-electron chi connectivity index (χ2n) is 6.96. The number of carbonyl (C=O) groups excluding carboxylic acids is 2. The Labute approximate surface area is 188 Å². The molecule has 32 heavy (non-hydrogen) atoms. The molecule has 0 saturated carbocycles. The number of hydrogen-bond donors (Lipinski definition) is 2. The summed E-state index contributed by atoms with van der Waals surface area (Å²) in [5, 5.41) is 9.51. The second kappa shape index (κ2) is 13.0. The topological polar surface area (TPSA) is 98.3 Å². The zero-order chi connectivity index (χ0) is 23.3. The molecule has 0 fully saturated rings. The van der Waals surface area contributed by atoms with E-state index in [2.05, 4.69) is 15.8 Å². The first kappa shape index (κ1) is 24.7. The van der Waals surface area contributed by atoms with Gasteiger partial charge >= 0.3 is 0 Å². The lowest BCUT2D eigenvalue weighted by atomic mass is 10.1. The van der Waals surface area contributed by atoms with Gasteiger partial charge in [-0.15, -0.1) is 0 Å². The summed E-state index contributed by atoms with van der Waals surface area (Å²) < 4.78 is 11.2. The highest BCUT2D eigenvalue weighted by molar-refractivity contribution is 5.99. The predicted molar refractivity (Wildman–Crippen MR) is 124 cm³/mol. The maximum Gasteiger partial charge on any atom is 0.260 e. The van der Waals surface area contributed by atoms with E-state index in [1.165, 1.54) is 6.92 Å². The first-order valence-electron chi connectivity index (χ1n) is 10.6. The number of nitrogens with one attached hydrogen (secondary N) is 2. The van der Waals surface area contributed by atoms with E-state index in [1.54, 1.807) is 19.1 Å². The third kappa shape index (κ3) is 8.29. The zero-order valence-corrected chi connectivity index (χ0v) is 19.1. The molecule has 0 aliphatic rings. The van der Waals surface area contributed by atoms with Gasteiger partial charge in [-0.25, -0.2) is 0 Å². The quantitative estimate of drug-likeness (QED) is 0.388. The third-order valence-electron chi connectivity index (χ3n) is 4.36. The van der Waals surface area contributed by atoms with Gasteiger partial charge in [0.25, 0.3) is 5.91 Å². The van der Waals surface area contributed by atoms with Gasteiger partial charge in [-0.05, 0) is 62.6 Å². The summed E-state index contributed by atoms with van der Waals surface area (Å²) >= 11 is 0. The Morgan fingerprint density at radius 3 is 2.28 bits per heavy atom. The molecule has 0 aliphatic heterocycles. The lowest BCUT2D eigenvalue weighted by molar-refractivity contribution is -0.125. The fraction of sp³-hybridized carbons (Fsp3) is 0.375. The third-order valence-corrected chi connectivity index (χ3v) is 4.36. The van der Waals surface area contributed by atoms with Crippen LogP contribution in [0.3, 0.4) is 0 Å². The molecule has 0 aromatic heterocycles. The fourth-order valence-electron chi connectivity index (χ4n) is 2.89. The molecule has 0 spiro atoms. The van der Waals surface area contributed by atoms with Crippen LogP contribution >= 0.6 is 0 Å². The van der Waals surface area contributed by atoms with E-state index in [9.17, 15) is 9.59 Å². The first-order valence-corrected chi connectivity index (χ1v) is 10.6. The summed E-state index contributed by atoms with van der Waals surface area (Å²) in [6, 6.07) is 13.0. The Bertz CT molecular complexity index is 926. The number of amides is 2. The maximum atomic E-state index is 12.0. The molecule has 172 valence electrons. The van der Waals surface area contributed by atoms with Gasteiger partial charge in [-0.1, -0.05) is 23.4 Å². The van der Waals surface area contributed by atoms with Crippen LogP contribution < -0.4 is 20.1 Å². The number of oxime groups is 1. The van der Waals surface area contributed by atoms with Crippen molar-refractivity contribution >= 4 is 23.2 Å². The van der Waals surface area contributed by atoms with Crippen molar-refractivity contribution in [2.75, 3.05) is 31.7 Å². The summed E-state index contributed by atoms with van der Waals surface area (Å²) in [4.78, 5) is 28.3. The van der Waals surface area contributed by atoms with Gasteiger partial charge in [0, 0.05) is 19.2 Å². The SMILES string of the molecule is CCOc1ccc(CCNC(=O)CO/N=C(\C)c2ccc(NC(C)=O)cc2)cc1OCC. The van der Waals surface area contributed by atoms with E-state index in [0.717, 1.165) is 11.1 Å². The molecule has 2 amide bonds. The largest absolute Gasteiger partial charge is 0.490 e. The van der Waals surface area contributed by atoms with Crippen LogP contribution in [0.4, 0.5) is 5.69 Å². The predicted octanol–water partition coefficient (Wildman–Crippen LogP) is 3.54. The van der Waals surface area contributed by atoms with Crippen molar-refractivity contribution in [1.82, 2.24) is 5.32 Å². The number of carbonyl (C=O) groups is 2. The van der Waals surface area contributed by atoms with Gasteiger partial charge in [-0.3, -0.25) is 9.59 Å². The summed E-state index contributed by atoms with van der Waals surface area (Å²) in [5.41, 5.74) is 3.20. The molecule has 2 rings (SSSR count). The van der Waals surface area contributed by atoms with Crippen LogP contribution in [0.1, 0.15) is 38.8 Å². The molecule has 0 aliphatic carbocycles. The number of hydrogen-bond acceptors (Lipinski definition) is 6. The molecule has 0 saturated heterocycles. The van der Waals surface area contributed by atoms with E-state index in [4.69, 9.17) is 14.3 Å². The fourth-order valence-corrected chi connectivity index (χ4v) is 2.89. The standard InChI is InChI=1S/C24H31N3O5/c1-5-30-22-12-7-19(15-23(22)31-6-2)13-14-25-24(29)16-32-27-17(3)20-8-10-21(11-9-20)26-18(4)28/h7-12,15H,5-6,13-14,16H2,1-4H3,(H,25,29)(H,26,28)/b27-17+. The molecular weight excluding hydrogens is 410 g/mol. The number of nitrogens with zero attached hydrogens (tertiary/aromatic N) is 1. The van der Waals surface area contributed by atoms with E-state index in [0.29, 0.717) is 49.1 Å². The molecule has 0 unspecified atom stereocenters. The second-order valence-corrected chi connectivity index (χ2v) is 6.96. The lowest BCUT2D eigenvalue weighted by Gasteiger charge is -2.12. The Balaban J connectivity index is 1.77. The van der Waals surface area contributed by atoms with Crippen LogP contribution in [0.5, 0.6) is 11.5 Å². The number of rotatable bonds is 12. The monoisotopic (exact) mass is 441 g/mol. The Morgan fingerprint density at radius 2 is 1.62 bits per heavy atom. The summed E-state index contributed by atoms with van der Waals surface area (Å²) in [5.74, 6) is 1.04. The first-order chi connectivity index (χ1) is 15.4. The van der Waals surface area contributed by atoms with Gasteiger partial charge in [0.2, 0.25) is 5.91 Å². The van der Waals surface area contributed by atoms with E-state index in [1.807, 2.05) is 44.2 Å². The van der Waals surface area contributed by atoms with Gasteiger partial charge in [0.15, 0.2) is 18.1 Å². The van der Waals surface area contributed by atoms with Crippen molar-refractivity contribution in [2.24, 2.45) is 5.16 Å².